The summed E-state index contributed by atoms with van der Waals surface area (Å²) >= 11 is 0.634. The van der Waals surface area contributed by atoms with Gasteiger partial charge in [0.05, 0.1) is 5.70 Å². The van der Waals surface area contributed by atoms with Gasteiger partial charge in [0.15, 0.2) is 11.6 Å². The van der Waals surface area contributed by atoms with Crippen molar-refractivity contribution in [3.63, 3.8) is 0 Å². The van der Waals surface area contributed by atoms with Crippen LogP contribution in [0.4, 0.5) is 13.6 Å². The van der Waals surface area contributed by atoms with E-state index in [9.17, 15) is 18.4 Å². The summed E-state index contributed by atoms with van der Waals surface area (Å²) in [5.74, 6) is -1.75. The number of hydrogen-bond acceptors (Lipinski definition) is 3. The number of aromatic nitrogens is 1. The van der Waals surface area contributed by atoms with Gasteiger partial charge < -0.3 is 9.88 Å². The zero-order valence-electron chi connectivity index (χ0n) is 13.3. The summed E-state index contributed by atoms with van der Waals surface area (Å²) in [6, 6.07) is 11.3. The van der Waals surface area contributed by atoms with Gasteiger partial charge >= 0.3 is 0 Å². The molecule has 1 amide bonds. The van der Waals surface area contributed by atoms with Gasteiger partial charge in [-0.2, -0.15) is 0 Å². The number of nitrogens with one attached hydrogen (secondary N) is 1. The Morgan fingerprint density at radius 1 is 1.08 bits per heavy atom. The average molecular weight is 370 g/mol. The van der Waals surface area contributed by atoms with Crippen LogP contribution in [0.15, 0.2) is 54.4 Å². The van der Waals surface area contributed by atoms with Gasteiger partial charge in [-0.25, -0.2) is 8.78 Å². The lowest BCUT2D eigenvalue weighted by molar-refractivity contribution is -0.107. The second-order valence-electron chi connectivity index (χ2n) is 5.83. The third-order valence-corrected chi connectivity index (χ3v) is 4.82. The van der Waals surface area contributed by atoms with Crippen LogP contribution in [0.3, 0.4) is 0 Å². The van der Waals surface area contributed by atoms with E-state index in [-0.39, 0.29) is 16.1 Å². The lowest BCUT2D eigenvalue weighted by atomic mass is 10.1. The number of carbonyl (C=O) groups is 2. The fourth-order valence-electron chi connectivity index (χ4n) is 2.92. The molecule has 2 heterocycles. The van der Waals surface area contributed by atoms with Crippen LogP contribution in [-0.2, 0) is 11.3 Å². The van der Waals surface area contributed by atoms with E-state index in [2.05, 4.69) is 5.32 Å². The molecule has 1 saturated heterocycles. The quantitative estimate of drug-likeness (QED) is 0.700. The van der Waals surface area contributed by atoms with Gasteiger partial charge in [0.2, 0.25) is 5.12 Å². The fourth-order valence-corrected chi connectivity index (χ4v) is 3.47. The highest BCUT2D eigenvalue weighted by molar-refractivity contribution is 8.27. The molecule has 4 rings (SSSR count). The van der Waals surface area contributed by atoms with E-state index >= 15 is 0 Å². The van der Waals surface area contributed by atoms with E-state index in [4.69, 9.17) is 0 Å². The van der Waals surface area contributed by atoms with E-state index in [1.165, 1.54) is 6.07 Å². The first-order valence-corrected chi connectivity index (χ1v) is 8.59. The largest absolute Gasteiger partial charge is 0.343 e. The van der Waals surface area contributed by atoms with Crippen LogP contribution < -0.4 is 5.32 Å². The number of amides is 1. The molecule has 1 aliphatic rings. The Hall–Kier alpha value is -2.93. The molecule has 130 valence electrons. The Morgan fingerprint density at radius 3 is 2.65 bits per heavy atom. The van der Waals surface area contributed by atoms with Gasteiger partial charge in [-0.1, -0.05) is 18.2 Å². The summed E-state index contributed by atoms with van der Waals surface area (Å²) in [7, 11) is 0. The average Bonchev–Trinajstić information content (AvgIpc) is 3.15. The van der Waals surface area contributed by atoms with Crippen molar-refractivity contribution in [3.8, 4) is 0 Å². The van der Waals surface area contributed by atoms with E-state index in [1.807, 2.05) is 35.0 Å². The van der Waals surface area contributed by atoms with Crippen molar-refractivity contribution in [1.29, 1.82) is 0 Å². The lowest BCUT2D eigenvalue weighted by Crippen LogP contribution is -2.10. The highest BCUT2D eigenvalue weighted by atomic mass is 32.2. The van der Waals surface area contributed by atoms with Gasteiger partial charge in [0, 0.05) is 35.4 Å². The molecule has 0 radical (unpaired) electrons. The fraction of sp³-hybridized carbons (Fsp3) is 0.0526. The predicted octanol–water partition coefficient (Wildman–Crippen LogP) is 4.29. The molecular formula is C19H12F2N2O2S. The molecule has 1 N–H and O–H groups in total. The van der Waals surface area contributed by atoms with E-state index < -0.39 is 11.6 Å². The van der Waals surface area contributed by atoms with Crippen molar-refractivity contribution >= 4 is 39.1 Å². The van der Waals surface area contributed by atoms with Gasteiger partial charge in [-0.05, 0) is 41.5 Å². The van der Waals surface area contributed by atoms with Crippen molar-refractivity contribution in [2.45, 2.75) is 6.54 Å². The maximum atomic E-state index is 13.4. The van der Waals surface area contributed by atoms with Gasteiger partial charge in [-0.3, -0.25) is 9.59 Å². The summed E-state index contributed by atoms with van der Waals surface area (Å²) in [4.78, 5) is 23.1. The molecule has 0 bridgehead atoms. The molecule has 2 aromatic carbocycles. The topological polar surface area (TPSA) is 51.1 Å². The first-order chi connectivity index (χ1) is 12.5. The Morgan fingerprint density at radius 2 is 1.92 bits per heavy atom. The molecular weight excluding hydrogens is 358 g/mol. The van der Waals surface area contributed by atoms with Crippen LogP contribution in [0.1, 0.15) is 11.1 Å². The third kappa shape index (κ3) is 3.01. The first-order valence-electron chi connectivity index (χ1n) is 7.78. The van der Waals surface area contributed by atoms with Crippen molar-refractivity contribution in [3.05, 3.63) is 77.1 Å². The molecule has 7 heteroatoms. The number of nitrogens with zero attached hydrogens (tertiary/aromatic N) is 1. The van der Waals surface area contributed by atoms with E-state index in [1.54, 1.807) is 12.1 Å². The van der Waals surface area contributed by atoms with Crippen molar-refractivity contribution < 1.29 is 18.4 Å². The molecule has 26 heavy (non-hydrogen) atoms. The molecule has 0 unspecified atom stereocenters. The summed E-state index contributed by atoms with van der Waals surface area (Å²) in [5.41, 5.74) is 2.56. The molecule has 1 fully saturated rings. The highest BCUT2D eigenvalue weighted by Gasteiger charge is 2.25. The molecule has 1 aromatic heterocycles. The zero-order chi connectivity index (χ0) is 18.3. The van der Waals surface area contributed by atoms with Crippen molar-refractivity contribution in [2.75, 3.05) is 0 Å². The summed E-state index contributed by atoms with van der Waals surface area (Å²) in [6.07, 6.45) is 3.49. The van der Waals surface area contributed by atoms with Crippen molar-refractivity contribution in [1.82, 2.24) is 9.88 Å². The smallest absolute Gasteiger partial charge is 0.291 e. The lowest BCUT2D eigenvalue weighted by Gasteiger charge is -2.07. The molecule has 0 spiro atoms. The SMILES string of the molecule is O=C1NC(=Cc2cccc3c2ccn3Cc2ccc(F)c(F)c2)C(=O)S1. The van der Waals surface area contributed by atoms with Crippen LogP contribution in [0.2, 0.25) is 0 Å². The maximum absolute atomic E-state index is 13.4. The van der Waals surface area contributed by atoms with E-state index in [0.717, 1.165) is 22.5 Å². The Balaban J connectivity index is 1.71. The van der Waals surface area contributed by atoms with Crippen LogP contribution in [-0.4, -0.2) is 14.9 Å². The Bertz CT molecular complexity index is 1090. The molecule has 3 aromatic rings. The summed E-state index contributed by atoms with van der Waals surface area (Å²) in [5, 5.41) is 2.72. The van der Waals surface area contributed by atoms with E-state index in [0.29, 0.717) is 23.9 Å². The van der Waals surface area contributed by atoms with Crippen LogP contribution >= 0.6 is 11.8 Å². The molecule has 4 nitrogen and oxygen atoms in total. The van der Waals surface area contributed by atoms with Crippen LogP contribution in [0.25, 0.3) is 17.0 Å². The van der Waals surface area contributed by atoms with Gasteiger partial charge in [0.25, 0.3) is 5.24 Å². The van der Waals surface area contributed by atoms with Crippen molar-refractivity contribution in [2.24, 2.45) is 0 Å². The second kappa shape index (κ2) is 6.42. The predicted molar refractivity (Wildman–Crippen MR) is 96.5 cm³/mol. The number of fused-ring (bicyclic) bond motifs is 1. The molecule has 1 aliphatic heterocycles. The number of thioether (sulfide) groups is 1. The standard InChI is InChI=1S/C19H12F2N2O2S/c20-14-5-4-11(8-15(14)21)10-23-7-6-13-12(2-1-3-17(13)23)9-16-18(24)26-19(25)22-16/h1-9H,10H2,(H,22,25). The third-order valence-electron chi connectivity index (χ3n) is 4.13. The minimum atomic E-state index is -0.877. The van der Waals surface area contributed by atoms with Crippen LogP contribution in [0.5, 0.6) is 0 Å². The normalized spacial score (nSPS) is 15.8. The summed E-state index contributed by atoms with van der Waals surface area (Å²) < 4.78 is 28.4. The molecule has 0 atom stereocenters. The number of rotatable bonds is 3. The number of halogens is 2. The monoisotopic (exact) mass is 370 g/mol. The van der Waals surface area contributed by atoms with Gasteiger partial charge in [0.1, 0.15) is 0 Å². The minimum Gasteiger partial charge on any atom is -0.343 e. The minimum absolute atomic E-state index is 0.251. The number of hydrogen-bond donors (Lipinski definition) is 1. The molecule has 0 aliphatic carbocycles. The second-order valence-corrected chi connectivity index (χ2v) is 6.78. The highest BCUT2D eigenvalue weighted by Crippen LogP contribution is 2.26. The van der Waals surface area contributed by atoms with Gasteiger partial charge in [-0.15, -0.1) is 0 Å². The number of benzene rings is 2. The Labute approximate surface area is 151 Å². The Kier molecular flexibility index (Phi) is 4.08. The molecule has 0 saturated carbocycles. The number of carbonyl (C=O) groups excluding carboxylic acids is 2. The summed E-state index contributed by atoms with van der Waals surface area (Å²) in [6.45, 7) is 0.381. The maximum Gasteiger partial charge on any atom is 0.291 e. The van der Waals surface area contributed by atoms with Crippen LogP contribution in [0, 0.1) is 11.6 Å². The zero-order valence-corrected chi connectivity index (χ0v) is 14.1. The first kappa shape index (κ1) is 16.5.